The molecule has 0 unspecified atom stereocenters. The standard InChI is InChI=1S/C12H20N4O3/c1-9(2)16-10(5-6-13-16)14-11(17)7-15(3)8-12(18)19-4/h5-6,9H,7-8H2,1-4H3,(H,14,17). The van der Waals surface area contributed by atoms with Gasteiger partial charge in [-0.3, -0.25) is 14.5 Å². The highest BCUT2D eigenvalue weighted by molar-refractivity contribution is 5.91. The highest BCUT2D eigenvalue weighted by Gasteiger charge is 2.13. The zero-order valence-electron chi connectivity index (χ0n) is 11.7. The van der Waals surface area contributed by atoms with Crippen LogP contribution in [0.5, 0.6) is 0 Å². The fraction of sp³-hybridized carbons (Fsp3) is 0.583. The number of hydrogen-bond acceptors (Lipinski definition) is 5. The van der Waals surface area contributed by atoms with Gasteiger partial charge in [0.2, 0.25) is 5.91 Å². The van der Waals surface area contributed by atoms with E-state index in [9.17, 15) is 9.59 Å². The van der Waals surface area contributed by atoms with Crippen molar-refractivity contribution in [1.29, 1.82) is 0 Å². The van der Waals surface area contributed by atoms with Gasteiger partial charge in [-0.1, -0.05) is 0 Å². The number of carbonyl (C=O) groups excluding carboxylic acids is 2. The first kappa shape index (κ1) is 15.2. The topological polar surface area (TPSA) is 76.5 Å². The van der Waals surface area contributed by atoms with Crippen LogP contribution in [0.15, 0.2) is 12.3 Å². The van der Waals surface area contributed by atoms with Crippen LogP contribution in [0.4, 0.5) is 5.82 Å². The summed E-state index contributed by atoms with van der Waals surface area (Å²) in [6.07, 6.45) is 1.63. The maximum Gasteiger partial charge on any atom is 0.319 e. The number of nitrogens with one attached hydrogen (secondary N) is 1. The summed E-state index contributed by atoms with van der Waals surface area (Å²) in [5, 5.41) is 6.89. The SMILES string of the molecule is COC(=O)CN(C)CC(=O)Nc1ccnn1C(C)C. The van der Waals surface area contributed by atoms with Crippen LogP contribution in [0.2, 0.25) is 0 Å². The van der Waals surface area contributed by atoms with Crippen LogP contribution in [0.25, 0.3) is 0 Å². The Morgan fingerprint density at radius 1 is 1.47 bits per heavy atom. The highest BCUT2D eigenvalue weighted by atomic mass is 16.5. The summed E-state index contributed by atoms with van der Waals surface area (Å²) in [7, 11) is 2.99. The highest BCUT2D eigenvalue weighted by Crippen LogP contribution is 2.12. The minimum atomic E-state index is -0.373. The van der Waals surface area contributed by atoms with Crippen molar-refractivity contribution < 1.29 is 14.3 Å². The van der Waals surface area contributed by atoms with Crippen molar-refractivity contribution in [2.45, 2.75) is 19.9 Å². The number of amides is 1. The number of ether oxygens (including phenoxy) is 1. The van der Waals surface area contributed by atoms with E-state index in [4.69, 9.17) is 0 Å². The van der Waals surface area contributed by atoms with E-state index < -0.39 is 0 Å². The number of likely N-dealkylation sites (N-methyl/N-ethyl adjacent to an activating group) is 1. The average molecular weight is 268 g/mol. The molecule has 1 rings (SSSR count). The molecule has 1 aromatic heterocycles. The van der Waals surface area contributed by atoms with E-state index in [-0.39, 0.29) is 31.0 Å². The summed E-state index contributed by atoms with van der Waals surface area (Å²) in [6, 6.07) is 1.90. The van der Waals surface area contributed by atoms with Gasteiger partial charge in [0.15, 0.2) is 0 Å². The van der Waals surface area contributed by atoms with E-state index in [1.807, 2.05) is 13.8 Å². The van der Waals surface area contributed by atoms with Gasteiger partial charge in [0, 0.05) is 12.1 Å². The molecule has 0 aromatic carbocycles. The lowest BCUT2D eigenvalue weighted by molar-refractivity contribution is -0.141. The lowest BCUT2D eigenvalue weighted by Crippen LogP contribution is -2.34. The fourth-order valence-corrected chi connectivity index (χ4v) is 1.59. The number of esters is 1. The molecule has 0 radical (unpaired) electrons. The second kappa shape index (κ2) is 6.89. The van der Waals surface area contributed by atoms with Crippen LogP contribution in [0.1, 0.15) is 19.9 Å². The molecule has 0 aliphatic rings. The Hall–Kier alpha value is -1.89. The summed E-state index contributed by atoms with van der Waals surface area (Å²) in [5.74, 6) is 0.0720. The van der Waals surface area contributed by atoms with Crippen molar-refractivity contribution in [2.24, 2.45) is 0 Å². The summed E-state index contributed by atoms with van der Waals surface area (Å²) in [6.45, 7) is 4.14. The molecule has 0 aliphatic heterocycles. The first-order valence-corrected chi connectivity index (χ1v) is 6.02. The molecule has 106 valence electrons. The average Bonchev–Trinajstić information content (AvgIpc) is 2.76. The Morgan fingerprint density at radius 2 is 2.16 bits per heavy atom. The molecule has 1 amide bonds. The molecule has 0 fully saturated rings. The first-order valence-electron chi connectivity index (χ1n) is 6.02. The van der Waals surface area contributed by atoms with Crippen molar-refractivity contribution in [3.8, 4) is 0 Å². The number of nitrogens with zero attached hydrogens (tertiary/aromatic N) is 3. The van der Waals surface area contributed by atoms with Gasteiger partial charge in [0.1, 0.15) is 5.82 Å². The van der Waals surface area contributed by atoms with E-state index in [0.29, 0.717) is 5.82 Å². The van der Waals surface area contributed by atoms with Crippen LogP contribution >= 0.6 is 0 Å². The van der Waals surface area contributed by atoms with E-state index in [0.717, 1.165) is 0 Å². The van der Waals surface area contributed by atoms with Gasteiger partial charge < -0.3 is 10.1 Å². The molecule has 0 saturated heterocycles. The van der Waals surface area contributed by atoms with Crippen LogP contribution in [0.3, 0.4) is 0 Å². The largest absolute Gasteiger partial charge is 0.468 e. The number of methoxy groups -OCH3 is 1. The molecule has 0 saturated carbocycles. The number of carbonyl (C=O) groups is 2. The van der Waals surface area contributed by atoms with Gasteiger partial charge in [-0.2, -0.15) is 5.10 Å². The van der Waals surface area contributed by atoms with E-state index in [1.165, 1.54) is 7.11 Å². The third-order valence-electron chi connectivity index (χ3n) is 2.47. The Bertz CT molecular complexity index is 442. The van der Waals surface area contributed by atoms with Crippen molar-refractivity contribution in [2.75, 3.05) is 32.6 Å². The van der Waals surface area contributed by atoms with E-state index in [1.54, 1.807) is 28.9 Å². The smallest absolute Gasteiger partial charge is 0.319 e. The van der Waals surface area contributed by atoms with Gasteiger partial charge >= 0.3 is 5.97 Å². The van der Waals surface area contributed by atoms with Gasteiger partial charge in [-0.25, -0.2) is 4.68 Å². The zero-order chi connectivity index (χ0) is 14.4. The molecular weight excluding hydrogens is 248 g/mol. The normalized spacial score (nSPS) is 10.8. The molecule has 0 bridgehead atoms. The monoisotopic (exact) mass is 268 g/mol. The van der Waals surface area contributed by atoms with Gasteiger partial charge in [-0.15, -0.1) is 0 Å². The summed E-state index contributed by atoms with van der Waals surface area (Å²) in [4.78, 5) is 24.5. The molecule has 19 heavy (non-hydrogen) atoms. The van der Waals surface area contributed by atoms with Crippen LogP contribution in [-0.2, 0) is 14.3 Å². The van der Waals surface area contributed by atoms with Gasteiger partial charge in [-0.05, 0) is 20.9 Å². The molecular formula is C12H20N4O3. The predicted molar refractivity (Wildman–Crippen MR) is 70.8 cm³/mol. The summed E-state index contributed by atoms with van der Waals surface area (Å²) >= 11 is 0. The van der Waals surface area contributed by atoms with Gasteiger partial charge in [0.25, 0.3) is 0 Å². The summed E-state index contributed by atoms with van der Waals surface area (Å²) < 4.78 is 6.25. The molecule has 7 heteroatoms. The minimum Gasteiger partial charge on any atom is -0.468 e. The zero-order valence-corrected chi connectivity index (χ0v) is 11.7. The van der Waals surface area contributed by atoms with E-state index >= 15 is 0 Å². The Balaban J connectivity index is 2.51. The lowest BCUT2D eigenvalue weighted by Gasteiger charge is -2.16. The quantitative estimate of drug-likeness (QED) is 0.761. The fourth-order valence-electron chi connectivity index (χ4n) is 1.59. The Labute approximate surface area is 112 Å². The van der Waals surface area contributed by atoms with Crippen molar-refractivity contribution in [1.82, 2.24) is 14.7 Å². The molecule has 1 aromatic rings. The molecule has 0 atom stereocenters. The maximum atomic E-state index is 11.8. The second-order valence-electron chi connectivity index (χ2n) is 4.55. The second-order valence-corrected chi connectivity index (χ2v) is 4.55. The molecule has 1 heterocycles. The van der Waals surface area contributed by atoms with Crippen molar-refractivity contribution in [3.63, 3.8) is 0 Å². The minimum absolute atomic E-state index is 0.0767. The van der Waals surface area contributed by atoms with Crippen LogP contribution < -0.4 is 5.32 Å². The summed E-state index contributed by atoms with van der Waals surface area (Å²) in [5.41, 5.74) is 0. The Kier molecular flexibility index (Phi) is 5.50. The third kappa shape index (κ3) is 4.70. The lowest BCUT2D eigenvalue weighted by atomic mass is 10.4. The van der Waals surface area contributed by atoms with Crippen LogP contribution in [0, 0.1) is 0 Å². The number of anilines is 1. The predicted octanol–water partition coefficient (Wildman–Crippen LogP) is 0.507. The van der Waals surface area contributed by atoms with E-state index in [2.05, 4.69) is 15.2 Å². The Morgan fingerprint density at radius 3 is 2.74 bits per heavy atom. The van der Waals surface area contributed by atoms with Crippen molar-refractivity contribution >= 4 is 17.7 Å². The number of hydrogen-bond donors (Lipinski definition) is 1. The molecule has 1 N–H and O–H groups in total. The van der Waals surface area contributed by atoms with Crippen LogP contribution in [-0.4, -0.2) is 53.8 Å². The maximum absolute atomic E-state index is 11.8. The molecule has 7 nitrogen and oxygen atoms in total. The third-order valence-corrected chi connectivity index (χ3v) is 2.47. The number of rotatable bonds is 6. The molecule has 0 spiro atoms. The van der Waals surface area contributed by atoms with Crippen molar-refractivity contribution in [3.05, 3.63) is 12.3 Å². The number of aromatic nitrogens is 2. The molecule has 0 aliphatic carbocycles. The van der Waals surface area contributed by atoms with Gasteiger partial charge in [0.05, 0.1) is 26.4 Å². The first-order chi connectivity index (χ1) is 8.93.